The van der Waals surface area contributed by atoms with Gasteiger partial charge in [-0.05, 0) is 18.2 Å². The second kappa shape index (κ2) is 4.28. The van der Waals surface area contributed by atoms with Crippen LogP contribution in [-0.2, 0) is 20.3 Å². The summed E-state index contributed by atoms with van der Waals surface area (Å²) in [4.78, 5) is 0. The molecule has 7 heteroatoms. The smallest absolute Gasteiger partial charge is 0.382 e. The Morgan fingerprint density at radius 2 is 1.76 bits per heavy atom. The van der Waals surface area contributed by atoms with Crippen molar-refractivity contribution in [3.63, 3.8) is 0 Å². The summed E-state index contributed by atoms with van der Waals surface area (Å²) in [6.07, 6.45) is -4.35. The van der Waals surface area contributed by atoms with Crippen LogP contribution in [0.15, 0.2) is 30.3 Å². The van der Waals surface area contributed by atoms with Crippen molar-refractivity contribution in [2.75, 3.05) is 5.73 Å². The van der Waals surface area contributed by atoms with Crippen LogP contribution in [0.4, 0.5) is 19.0 Å². The molecule has 1 aromatic carbocycles. The monoisotopic (exact) mass is 294 g/mol. The molecule has 0 saturated carbocycles. The number of aryl methyl sites for hydroxylation is 2. The summed E-state index contributed by atoms with van der Waals surface area (Å²) in [5, 5.41) is 4.79. The van der Waals surface area contributed by atoms with Crippen LogP contribution in [0.1, 0.15) is 5.56 Å². The maximum Gasteiger partial charge on any atom is 0.416 e. The highest BCUT2D eigenvalue weighted by atomic mass is 19.4. The van der Waals surface area contributed by atoms with Crippen molar-refractivity contribution in [2.24, 2.45) is 14.1 Å². The van der Waals surface area contributed by atoms with Gasteiger partial charge in [0.15, 0.2) is 0 Å². The number of hydrogen-bond donors (Lipinski definition) is 1. The SMILES string of the molecule is Cn1nc(N)cc1-c1cc2ccc(C(F)(F)F)cc2n1C. The van der Waals surface area contributed by atoms with Gasteiger partial charge in [0.2, 0.25) is 0 Å². The summed E-state index contributed by atoms with van der Waals surface area (Å²) in [5.41, 5.74) is 7.02. The first-order chi connectivity index (χ1) is 9.77. The highest BCUT2D eigenvalue weighted by Crippen LogP contribution is 2.34. The Morgan fingerprint density at radius 3 is 2.33 bits per heavy atom. The maximum atomic E-state index is 12.8. The number of alkyl halides is 3. The van der Waals surface area contributed by atoms with Gasteiger partial charge < -0.3 is 10.3 Å². The molecule has 3 aromatic rings. The number of benzene rings is 1. The van der Waals surface area contributed by atoms with Crippen molar-refractivity contribution in [3.05, 3.63) is 35.9 Å². The van der Waals surface area contributed by atoms with Gasteiger partial charge in [-0.2, -0.15) is 18.3 Å². The Kier molecular flexibility index (Phi) is 2.76. The molecule has 0 amide bonds. The molecule has 0 saturated heterocycles. The molecule has 2 heterocycles. The van der Waals surface area contributed by atoms with E-state index in [4.69, 9.17) is 5.73 Å². The van der Waals surface area contributed by atoms with Gasteiger partial charge in [0.25, 0.3) is 0 Å². The van der Waals surface area contributed by atoms with Crippen molar-refractivity contribution in [3.8, 4) is 11.4 Å². The van der Waals surface area contributed by atoms with E-state index in [1.165, 1.54) is 6.07 Å². The van der Waals surface area contributed by atoms with Crippen molar-refractivity contribution in [1.29, 1.82) is 0 Å². The average molecular weight is 294 g/mol. The van der Waals surface area contributed by atoms with Gasteiger partial charge >= 0.3 is 6.18 Å². The molecular weight excluding hydrogens is 281 g/mol. The summed E-state index contributed by atoms with van der Waals surface area (Å²) in [6.45, 7) is 0. The zero-order chi connectivity index (χ0) is 15.4. The quantitative estimate of drug-likeness (QED) is 0.749. The number of anilines is 1. The lowest BCUT2D eigenvalue weighted by molar-refractivity contribution is -0.137. The lowest BCUT2D eigenvalue weighted by Crippen LogP contribution is -2.04. The van der Waals surface area contributed by atoms with Crippen LogP contribution in [0.2, 0.25) is 0 Å². The first-order valence-electron chi connectivity index (χ1n) is 6.24. The van der Waals surface area contributed by atoms with E-state index < -0.39 is 11.7 Å². The lowest BCUT2D eigenvalue weighted by Gasteiger charge is -2.08. The maximum absolute atomic E-state index is 12.8. The Hall–Kier alpha value is -2.44. The van der Waals surface area contributed by atoms with E-state index in [2.05, 4.69) is 5.10 Å². The second-order valence-electron chi connectivity index (χ2n) is 4.94. The van der Waals surface area contributed by atoms with Crippen LogP contribution < -0.4 is 5.73 Å². The molecule has 3 rings (SSSR count). The molecule has 0 atom stereocenters. The predicted molar refractivity (Wildman–Crippen MR) is 74.5 cm³/mol. The van der Waals surface area contributed by atoms with Gasteiger partial charge in [-0.3, -0.25) is 4.68 Å². The fraction of sp³-hybridized carbons (Fsp3) is 0.214. The van der Waals surface area contributed by atoms with Crippen LogP contribution >= 0.6 is 0 Å². The summed E-state index contributed by atoms with van der Waals surface area (Å²) in [7, 11) is 3.46. The van der Waals surface area contributed by atoms with Gasteiger partial charge in [0.1, 0.15) is 5.82 Å². The molecular formula is C14H13F3N4. The van der Waals surface area contributed by atoms with E-state index in [0.29, 0.717) is 11.3 Å². The normalized spacial score (nSPS) is 12.2. The zero-order valence-corrected chi connectivity index (χ0v) is 11.4. The molecule has 0 unspecified atom stereocenters. The van der Waals surface area contributed by atoms with Crippen molar-refractivity contribution in [2.45, 2.75) is 6.18 Å². The summed E-state index contributed by atoms with van der Waals surface area (Å²) in [5.74, 6) is 0.369. The highest BCUT2D eigenvalue weighted by Gasteiger charge is 2.30. The molecule has 0 bridgehead atoms. The van der Waals surface area contributed by atoms with E-state index in [9.17, 15) is 13.2 Å². The number of halogens is 3. The van der Waals surface area contributed by atoms with Gasteiger partial charge in [-0.1, -0.05) is 6.07 Å². The second-order valence-corrected chi connectivity index (χ2v) is 4.94. The highest BCUT2D eigenvalue weighted by molar-refractivity contribution is 5.87. The lowest BCUT2D eigenvalue weighted by atomic mass is 10.1. The van der Waals surface area contributed by atoms with E-state index in [1.54, 1.807) is 29.4 Å². The Morgan fingerprint density at radius 1 is 1.05 bits per heavy atom. The number of aromatic nitrogens is 3. The van der Waals surface area contributed by atoms with Crippen LogP contribution in [-0.4, -0.2) is 14.3 Å². The van der Waals surface area contributed by atoms with Crippen LogP contribution in [0.25, 0.3) is 22.3 Å². The topological polar surface area (TPSA) is 48.8 Å². The molecule has 0 fully saturated rings. The van der Waals surface area contributed by atoms with Crippen molar-refractivity contribution >= 4 is 16.7 Å². The molecule has 0 spiro atoms. The average Bonchev–Trinajstić information content (AvgIpc) is 2.88. The van der Waals surface area contributed by atoms with Gasteiger partial charge in [0.05, 0.1) is 17.0 Å². The summed E-state index contributed by atoms with van der Waals surface area (Å²) >= 11 is 0. The molecule has 0 radical (unpaired) electrons. The summed E-state index contributed by atoms with van der Waals surface area (Å²) in [6, 6.07) is 7.23. The van der Waals surface area contributed by atoms with E-state index >= 15 is 0 Å². The van der Waals surface area contributed by atoms with Crippen LogP contribution in [0, 0.1) is 0 Å². The Labute approximate surface area is 118 Å². The Bertz CT molecular complexity index is 827. The molecule has 21 heavy (non-hydrogen) atoms. The van der Waals surface area contributed by atoms with E-state index in [-0.39, 0.29) is 0 Å². The number of nitrogen functional groups attached to an aromatic ring is 1. The van der Waals surface area contributed by atoms with Crippen molar-refractivity contribution in [1.82, 2.24) is 14.3 Å². The first kappa shape index (κ1) is 13.5. The molecule has 2 N–H and O–H groups in total. The molecule has 110 valence electrons. The fourth-order valence-electron chi connectivity index (χ4n) is 2.48. The number of hydrogen-bond acceptors (Lipinski definition) is 2. The van der Waals surface area contributed by atoms with E-state index in [0.717, 1.165) is 28.9 Å². The third kappa shape index (κ3) is 2.14. The van der Waals surface area contributed by atoms with Crippen LogP contribution in [0.5, 0.6) is 0 Å². The van der Waals surface area contributed by atoms with Gasteiger partial charge in [-0.25, -0.2) is 0 Å². The largest absolute Gasteiger partial charge is 0.416 e. The Balaban J connectivity index is 2.23. The van der Waals surface area contributed by atoms with Gasteiger partial charge in [-0.15, -0.1) is 0 Å². The zero-order valence-electron chi connectivity index (χ0n) is 11.4. The van der Waals surface area contributed by atoms with Gasteiger partial charge in [0, 0.05) is 31.1 Å². The minimum atomic E-state index is -4.35. The fourth-order valence-corrected chi connectivity index (χ4v) is 2.48. The standard InChI is InChI=1S/C14H13F3N4/c1-20-10-6-9(14(15,16)17)4-3-8(10)5-11(20)12-7-13(18)19-21(12)2/h3-7H,1-2H3,(H2,18,19). The van der Waals surface area contributed by atoms with Crippen LogP contribution in [0.3, 0.4) is 0 Å². The number of nitrogens with zero attached hydrogens (tertiary/aromatic N) is 3. The molecule has 2 aromatic heterocycles. The predicted octanol–water partition coefficient (Wildman–Crippen LogP) is 3.18. The minimum Gasteiger partial charge on any atom is -0.382 e. The number of nitrogens with two attached hydrogens (primary N) is 1. The minimum absolute atomic E-state index is 0.369. The number of fused-ring (bicyclic) bond motifs is 1. The van der Waals surface area contributed by atoms with E-state index in [1.807, 2.05) is 6.07 Å². The number of rotatable bonds is 1. The first-order valence-corrected chi connectivity index (χ1v) is 6.24. The van der Waals surface area contributed by atoms with Crippen molar-refractivity contribution < 1.29 is 13.2 Å². The molecule has 0 aliphatic carbocycles. The third-order valence-corrected chi connectivity index (χ3v) is 3.53. The molecule has 4 nitrogen and oxygen atoms in total. The molecule has 0 aliphatic heterocycles. The third-order valence-electron chi connectivity index (χ3n) is 3.53. The molecule has 0 aliphatic rings. The summed E-state index contributed by atoms with van der Waals surface area (Å²) < 4.78 is 41.7.